The molecule has 2 rings (SSSR count). The number of nitrogens with zero attached hydrogens (tertiary/aromatic N) is 1. The SMILES string of the molecule is COc1cccc(C(=O)C(C)(C)N2CCCCCC2)c1F. The highest BCUT2D eigenvalue weighted by Crippen LogP contribution is 2.28. The number of likely N-dealkylation sites (tertiary alicyclic amines) is 1. The maximum absolute atomic E-state index is 14.3. The third kappa shape index (κ3) is 3.26. The first kappa shape index (κ1) is 16.0. The van der Waals surface area contributed by atoms with Gasteiger partial charge >= 0.3 is 0 Å². The Morgan fingerprint density at radius 3 is 2.38 bits per heavy atom. The number of benzene rings is 1. The predicted octanol–water partition coefficient (Wildman–Crippen LogP) is 3.67. The molecule has 0 atom stereocenters. The molecule has 1 aliphatic rings. The number of carbonyl (C=O) groups excluding carboxylic acids is 1. The molecule has 1 saturated heterocycles. The fraction of sp³-hybridized carbons (Fsp3) is 0.588. The van der Waals surface area contributed by atoms with E-state index >= 15 is 0 Å². The van der Waals surface area contributed by atoms with Crippen LogP contribution in [-0.4, -0.2) is 36.4 Å². The third-order valence-corrected chi connectivity index (χ3v) is 4.38. The molecule has 21 heavy (non-hydrogen) atoms. The fourth-order valence-electron chi connectivity index (χ4n) is 2.95. The summed E-state index contributed by atoms with van der Waals surface area (Å²) in [4.78, 5) is 15.0. The summed E-state index contributed by atoms with van der Waals surface area (Å²) in [5.74, 6) is -0.624. The Morgan fingerprint density at radius 2 is 1.81 bits per heavy atom. The minimum atomic E-state index is -0.697. The minimum absolute atomic E-state index is 0.114. The number of methoxy groups -OCH3 is 1. The van der Waals surface area contributed by atoms with E-state index in [1.165, 1.54) is 26.0 Å². The Hall–Kier alpha value is -1.42. The van der Waals surface area contributed by atoms with Crippen molar-refractivity contribution in [3.8, 4) is 5.75 Å². The maximum Gasteiger partial charge on any atom is 0.185 e. The first-order chi connectivity index (χ1) is 9.98. The van der Waals surface area contributed by atoms with Gasteiger partial charge in [-0.1, -0.05) is 18.9 Å². The molecule has 1 heterocycles. The van der Waals surface area contributed by atoms with Gasteiger partial charge in [0.1, 0.15) is 0 Å². The van der Waals surface area contributed by atoms with Gasteiger partial charge in [-0.2, -0.15) is 0 Å². The van der Waals surface area contributed by atoms with E-state index in [1.54, 1.807) is 12.1 Å². The number of hydrogen-bond acceptors (Lipinski definition) is 3. The summed E-state index contributed by atoms with van der Waals surface area (Å²) < 4.78 is 19.3. The van der Waals surface area contributed by atoms with Crippen LogP contribution in [0.4, 0.5) is 4.39 Å². The highest BCUT2D eigenvalue weighted by atomic mass is 19.1. The topological polar surface area (TPSA) is 29.5 Å². The van der Waals surface area contributed by atoms with Crippen molar-refractivity contribution in [1.29, 1.82) is 0 Å². The second-order valence-electron chi connectivity index (χ2n) is 6.11. The van der Waals surface area contributed by atoms with Gasteiger partial charge in [-0.3, -0.25) is 9.69 Å². The summed E-state index contributed by atoms with van der Waals surface area (Å²) in [6.07, 6.45) is 4.59. The monoisotopic (exact) mass is 293 g/mol. The van der Waals surface area contributed by atoms with E-state index in [-0.39, 0.29) is 17.1 Å². The van der Waals surface area contributed by atoms with Gasteiger partial charge in [0.05, 0.1) is 18.2 Å². The highest BCUT2D eigenvalue weighted by Gasteiger charge is 2.36. The van der Waals surface area contributed by atoms with Crippen LogP contribution in [0, 0.1) is 5.82 Å². The normalized spacial score (nSPS) is 17.3. The second kappa shape index (κ2) is 6.56. The molecule has 1 aromatic carbocycles. The average Bonchev–Trinajstić information content (AvgIpc) is 2.76. The van der Waals surface area contributed by atoms with Gasteiger partial charge in [0, 0.05) is 0 Å². The van der Waals surface area contributed by atoms with Gasteiger partial charge in [0.25, 0.3) is 0 Å². The molecule has 0 aliphatic carbocycles. The van der Waals surface area contributed by atoms with Crippen molar-refractivity contribution in [3.63, 3.8) is 0 Å². The molecule has 0 saturated carbocycles. The molecule has 116 valence electrons. The Balaban J connectivity index is 2.29. The molecule has 4 heteroatoms. The van der Waals surface area contributed by atoms with E-state index in [4.69, 9.17) is 4.74 Å². The van der Waals surface area contributed by atoms with E-state index in [0.29, 0.717) is 0 Å². The zero-order chi connectivity index (χ0) is 15.5. The lowest BCUT2D eigenvalue weighted by molar-refractivity contribution is 0.0644. The molecular formula is C17H24FNO2. The molecule has 0 bridgehead atoms. The molecule has 0 unspecified atom stereocenters. The lowest BCUT2D eigenvalue weighted by Crippen LogP contribution is -2.50. The third-order valence-electron chi connectivity index (χ3n) is 4.38. The highest BCUT2D eigenvalue weighted by molar-refractivity contribution is 6.03. The van der Waals surface area contributed by atoms with Gasteiger partial charge in [0.2, 0.25) is 0 Å². The number of Topliss-reactive ketones (excluding diaryl/α,β-unsaturated/α-hetero) is 1. The van der Waals surface area contributed by atoms with Crippen LogP contribution < -0.4 is 4.74 Å². The van der Waals surface area contributed by atoms with Gasteiger partial charge in [0.15, 0.2) is 17.3 Å². The quantitative estimate of drug-likeness (QED) is 0.793. The van der Waals surface area contributed by atoms with Gasteiger partial charge in [-0.15, -0.1) is 0 Å². The van der Waals surface area contributed by atoms with Crippen molar-refractivity contribution in [2.45, 2.75) is 45.1 Å². The van der Waals surface area contributed by atoms with Crippen molar-refractivity contribution in [2.75, 3.05) is 20.2 Å². The number of rotatable bonds is 4. The van der Waals surface area contributed by atoms with E-state index in [2.05, 4.69) is 4.90 Å². The van der Waals surface area contributed by atoms with E-state index in [9.17, 15) is 9.18 Å². The molecule has 0 N–H and O–H groups in total. The van der Waals surface area contributed by atoms with Crippen LogP contribution >= 0.6 is 0 Å². The fourth-order valence-corrected chi connectivity index (χ4v) is 2.95. The molecule has 3 nitrogen and oxygen atoms in total. The maximum atomic E-state index is 14.3. The predicted molar refractivity (Wildman–Crippen MR) is 81.4 cm³/mol. The number of halogens is 1. The Morgan fingerprint density at radius 1 is 1.19 bits per heavy atom. The zero-order valence-corrected chi connectivity index (χ0v) is 13.1. The minimum Gasteiger partial charge on any atom is -0.494 e. The van der Waals surface area contributed by atoms with Crippen molar-refractivity contribution in [1.82, 2.24) is 4.90 Å². The Kier molecular flexibility index (Phi) is 4.99. The van der Waals surface area contributed by atoms with Crippen molar-refractivity contribution in [3.05, 3.63) is 29.6 Å². The lowest BCUT2D eigenvalue weighted by Gasteiger charge is -2.36. The van der Waals surface area contributed by atoms with Crippen molar-refractivity contribution in [2.24, 2.45) is 0 Å². The summed E-state index contributed by atoms with van der Waals surface area (Å²) in [6, 6.07) is 4.73. The van der Waals surface area contributed by atoms with Crippen LogP contribution in [-0.2, 0) is 0 Å². The van der Waals surface area contributed by atoms with E-state index < -0.39 is 11.4 Å². The standard InChI is InChI=1S/C17H24FNO2/c1-17(2,19-11-6-4-5-7-12-19)16(20)13-9-8-10-14(21-3)15(13)18/h8-10H,4-7,11-12H2,1-3H3. The largest absolute Gasteiger partial charge is 0.494 e. The second-order valence-corrected chi connectivity index (χ2v) is 6.11. The summed E-state index contributed by atoms with van der Waals surface area (Å²) >= 11 is 0. The molecule has 0 radical (unpaired) electrons. The van der Waals surface area contributed by atoms with Gasteiger partial charge in [-0.05, 0) is 51.9 Å². The number of hydrogen-bond donors (Lipinski definition) is 0. The van der Waals surface area contributed by atoms with Crippen LogP contribution in [0.25, 0.3) is 0 Å². The smallest absolute Gasteiger partial charge is 0.185 e. The summed E-state index contributed by atoms with van der Waals surface area (Å²) in [5.41, 5.74) is -0.582. The number of ether oxygens (including phenoxy) is 1. The molecule has 0 spiro atoms. The van der Waals surface area contributed by atoms with Crippen LogP contribution in [0.15, 0.2) is 18.2 Å². The molecule has 1 aromatic rings. The zero-order valence-electron chi connectivity index (χ0n) is 13.1. The summed E-state index contributed by atoms with van der Waals surface area (Å²) in [5, 5.41) is 0. The van der Waals surface area contributed by atoms with Crippen molar-refractivity contribution >= 4 is 5.78 Å². The Labute approximate surface area is 126 Å². The van der Waals surface area contributed by atoms with Crippen LogP contribution in [0.5, 0.6) is 5.75 Å². The van der Waals surface area contributed by atoms with Gasteiger partial charge in [-0.25, -0.2) is 4.39 Å². The van der Waals surface area contributed by atoms with Gasteiger partial charge < -0.3 is 4.74 Å². The van der Waals surface area contributed by atoms with Crippen LogP contribution in [0.1, 0.15) is 49.9 Å². The van der Waals surface area contributed by atoms with Crippen molar-refractivity contribution < 1.29 is 13.9 Å². The summed E-state index contributed by atoms with van der Waals surface area (Å²) in [6.45, 7) is 5.56. The van der Waals surface area contributed by atoms with E-state index in [1.807, 2.05) is 13.8 Å². The molecule has 0 aromatic heterocycles. The summed E-state index contributed by atoms with van der Waals surface area (Å²) in [7, 11) is 1.41. The van der Waals surface area contributed by atoms with Crippen LogP contribution in [0.2, 0.25) is 0 Å². The first-order valence-corrected chi connectivity index (χ1v) is 7.61. The van der Waals surface area contributed by atoms with E-state index in [0.717, 1.165) is 25.9 Å². The number of carbonyl (C=O) groups is 1. The Bertz CT molecular complexity index is 506. The lowest BCUT2D eigenvalue weighted by atomic mass is 9.90. The number of ketones is 1. The molecule has 0 amide bonds. The molecular weight excluding hydrogens is 269 g/mol. The first-order valence-electron chi connectivity index (χ1n) is 7.61. The average molecular weight is 293 g/mol. The van der Waals surface area contributed by atoms with Crippen LogP contribution in [0.3, 0.4) is 0 Å². The molecule has 1 fully saturated rings. The molecule has 1 aliphatic heterocycles.